The Morgan fingerprint density at radius 1 is 1.37 bits per heavy atom. The fraction of sp³-hybridized carbons (Fsp3) is 0.579. The van der Waals surface area contributed by atoms with Crippen LogP contribution in [0.5, 0.6) is 0 Å². The van der Waals surface area contributed by atoms with E-state index in [1.807, 2.05) is 25.7 Å². The van der Waals surface area contributed by atoms with Gasteiger partial charge in [-0.25, -0.2) is 4.39 Å². The molecule has 2 N–H and O–H groups in total. The molecule has 0 aromatic heterocycles. The number of aliphatic imine (C=N–C) groups is 1. The van der Waals surface area contributed by atoms with Crippen LogP contribution in [0.2, 0.25) is 0 Å². The maximum Gasteiger partial charge on any atom is 0.225 e. The molecular formula is C19H30FIN4OS. The maximum absolute atomic E-state index is 12.9. The van der Waals surface area contributed by atoms with Crippen LogP contribution in [0, 0.1) is 11.7 Å². The number of guanidine groups is 1. The molecule has 0 saturated carbocycles. The van der Waals surface area contributed by atoms with Crippen molar-refractivity contribution in [1.29, 1.82) is 0 Å². The Hall–Kier alpha value is -1.03. The SMILES string of the molecule is CCNC(=NCCSc1ccc(F)cc1)NC1CCN(C(=O)C(C)C)C1.I. The first-order valence-electron chi connectivity index (χ1n) is 9.21. The summed E-state index contributed by atoms with van der Waals surface area (Å²) in [5.41, 5.74) is 0. The standard InChI is InChI=1S/C19H29FN4OS.HI/c1-4-21-19(22-10-12-26-17-7-5-15(20)6-8-17)23-16-9-11-24(13-16)18(25)14(2)3;/h5-8,14,16H,4,9-13H2,1-3H3,(H2,21,22,23);1H. The van der Waals surface area contributed by atoms with Crippen molar-refractivity contribution in [2.75, 3.05) is 31.9 Å². The van der Waals surface area contributed by atoms with Gasteiger partial charge < -0.3 is 15.5 Å². The smallest absolute Gasteiger partial charge is 0.225 e. The van der Waals surface area contributed by atoms with E-state index in [1.54, 1.807) is 23.9 Å². The molecular weight excluding hydrogens is 478 g/mol. The summed E-state index contributed by atoms with van der Waals surface area (Å²) in [4.78, 5) is 19.7. The quantitative estimate of drug-likeness (QED) is 0.195. The molecule has 1 saturated heterocycles. The number of carbonyl (C=O) groups excluding carboxylic acids is 1. The monoisotopic (exact) mass is 508 g/mol. The molecule has 152 valence electrons. The van der Waals surface area contributed by atoms with Crippen LogP contribution in [0.4, 0.5) is 4.39 Å². The van der Waals surface area contributed by atoms with Gasteiger partial charge in [-0.1, -0.05) is 13.8 Å². The summed E-state index contributed by atoms with van der Waals surface area (Å²) in [7, 11) is 0. The number of rotatable bonds is 7. The van der Waals surface area contributed by atoms with E-state index in [9.17, 15) is 9.18 Å². The van der Waals surface area contributed by atoms with E-state index in [-0.39, 0.29) is 47.7 Å². The van der Waals surface area contributed by atoms with Gasteiger partial charge in [-0.3, -0.25) is 9.79 Å². The van der Waals surface area contributed by atoms with Crippen LogP contribution in [-0.4, -0.2) is 54.7 Å². The Bertz CT molecular complexity index is 612. The van der Waals surface area contributed by atoms with Gasteiger partial charge in [0.15, 0.2) is 5.96 Å². The van der Waals surface area contributed by atoms with Crippen molar-refractivity contribution in [3.8, 4) is 0 Å². The number of nitrogens with one attached hydrogen (secondary N) is 2. The number of benzene rings is 1. The van der Waals surface area contributed by atoms with Crippen molar-refractivity contribution >= 4 is 47.6 Å². The largest absolute Gasteiger partial charge is 0.357 e. The van der Waals surface area contributed by atoms with E-state index in [1.165, 1.54) is 12.1 Å². The lowest BCUT2D eigenvalue weighted by molar-refractivity contribution is -0.133. The Labute approximate surface area is 183 Å². The number of hydrogen-bond donors (Lipinski definition) is 2. The second-order valence-corrected chi connectivity index (χ2v) is 7.80. The lowest BCUT2D eigenvalue weighted by Crippen LogP contribution is -2.45. The van der Waals surface area contributed by atoms with Crippen LogP contribution < -0.4 is 10.6 Å². The minimum absolute atomic E-state index is 0. The first-order valence-corrected chi connectivity index (χ1v) is 10.2. The van der Waals surface area contributed by atoms with E-state index >= 15 is 0 Å². The van der Waals surface area contributed by atoms with Crippen molar-refractivity contribution in [3.63, 3.8) is 0 Å². The van der Waals surface area contributed by atoms with Gasteiger partial charge in [0, 0.05) is 42.2 Å². The summed E-state index contributed by atoms with van der Waals surface area (Å²) < 4.78 is 12.9. The first kappa shape index (κ1) is 24.0. The first-order chi connectivity index (χ1) is 12.5. The van der Waals surface area contributed by atoms with E-state index in [0.29, 0.717) is 6.54 Å². The molecule has 1 atom stereocenters. The van der Waals surface area contributed by atoms with E-state index in [4.69, 9.17) is 0 Å². The zero-order valence-corrected chi connectivity index (χ0v) is 19.4. The van der Waals surface area contributed by atoms with Gasteiger partial charge in [0.2, 0.25) is 5.91 Å². The highest BCUT2D eigenvalue weighted by Crippen LogP contribution is 2.17. The maximum atomic E-state index is 12.9. The van der Waals surface area contributed by atoms with Gasteiger partial charge in [0.25, 0.3) is 0 Å². The Kier molecular flexibility index (Phi) is 11.1. The molecule has 1 aliphatic heterocycles. The zero-order chi connectivity index (χ0) is 18.9. The molecule has 1 unspecified atom stereocenters. The van der Waals surface area contributed by atoms with Gasteiger partial charge in [0.05, 0.1) is 6.54 Å². The van der Waals surface area contributed by atoms with Crippen molar-refractivity contribution in [1.82, 2.24) is 15.5 Å². The molecule has 0 aliphatic carbocycles. The highest BCUT2D eigenvalue weighted by molar-refractivity contribution is 14.0. The van der Waals surface area contributed by atoms with Gasteiger partial charge in [-0.05, 0) is 37.6 Å². The molecule has 2 rings (SSSR count). The molecule has 8 heteroatoms. The van der Waals surface area contributed by atoms with E-state index in [2.05, 4.69) is 15.6 Å². The highest BCUT2D eigenvalue weighted by Gasteiger charge is 2.27. The van der Waals surface area contributed by atoms with Gasteiger partial charge in [0.1, 0.15) is 5.82 Å². The van der Waals surface area contributed by atoms with Crippen molar-refractivity contribution in [3.05, 3.63) is 30.1 Å². The third-order valence-electron chi connectivity index (χ3n) is 4.12. The third kappa shape index (κ3) is 8.25. The molecule has 1 heterocycles. The Morgan fingerprint density at radius 3 is 2.70 bits per heavy atom. The molecule has 0 radical (unpaired) electrons. The average Bonchev–Trinajstić information content (AvgIpc) is 3.08. The lowest BCUT2D eigenvalue weighted by atomic mass is 10.2. The number of thioether (sulfide) groups is 1. The van der Waals surface area contributed by atoms with Crippen LogP contribution in [0.3, 0.4) is 0 Å². The summed E-state index contributed by atoms with van der Waals surface area (Å²) in [5, 5.41) is 6.69. The van der Waals surface area contributed by atoms with Gasteiger partial charge in [-0.2, -0.15) is 0 Å². The fourth-order valence-corrected chi connectivity index (χ4v) is 3.56. The zero-order valence-electron chi connectivity index (χ0n) is 16.2. The van der Waals surface area contributed by atoms with Crippen LogP contribution >= 0.6 is 35.7 Å². The Morgan fingerprint density at radius 2 is 2.07 bits per heavy atom. The average molecular weight is 508 g/mol. The highest BCUT2D eigenvalue weighted by atomic mass is 127. The van der Waals surface area contributed by atoms with Crippen molar-refractivity contribution < 1.29 is 9.18 Å². The normalized spacial score (nSPS) is 17.0. The molecule has 1 aromatic rings. The van der Waals surface area contributed by atoms with Crippen molar-refractivity contribution in [2.24, 2.45) is 10.9 Å². The number of halogens is 2. The van der Waals surface area contributed by atoms with Crippen LogP contribution in [0.25, 0.3) is 0 Å². The molecule has 0 spiro atoms. The minimum atomic E-state index is -0.215. The second-order valence-electron chi connectivity index (χ2n) is 6.63. The summed E-state index contributed by atoms with van der Waals surface area (Å²) >= 11 is 1.66. The molecule has 1 aromatic carbocycles. The molecule has 1 aliphatic rings. The summed E-state index contributed by atoms with van der Waals surface area (Å²) in [6.07, 6.45) is 0.938. The van der Waals surface area contributed by atoms with Crippen LogP contribution in [0.1, 0.15) is 27.2 Å². The number of carbonyl (C=O) groups is 1. The van der Waals surface area contributed by atoms with Gasteiger partial charge >= 0.3 is 0 Å². The van der Waals surface area contributed by atoms with Crippen molar-refractivity contribution in [2.45, 2.75) is 38.1 Å². The molecule has 1 amide bonds. The third-order valence-corrected chi connectivity index (χ3v) is 5.11. The summed E-state index contributed by atoms with van der Waals surface area (Å²) in [6.45, 7) is 8.89. The van der Waals surface area contributed by atoms with E-state index < -0.39 is 0 Å². The number of nitrogens with zero attached hydrogens (tertiary/aromatic N) is 2. The number of hydrogen-bond acceptors (Lipinski definition) is 3. The number of amides is 1. The van der Waals surface area contributed by atoms with Crippen LogP contribution in [0.15, 0.2) is 34.2 Å². The Balaban J connectivity index is 0.00000364. The second kappa shape index (κ2) is 12.4. The molecule has 27 heavy (non-hydrogen) atoms. The molecule has 0 bridgehead atoms. The molecule has 5 nitrogen and oxygen atoms in total. The topological polar surface area (TPSA) is 56.7 Å². The predicted molar refractivity (Wildman–Crippen MR) is 121 cm³/mol. The minimum Gasteiger partial charge on any atom is -0.357 e. The fourth-order valence-electron chi connectivity index (χ4n) is 2.81. The van der Waals surface area contributed by atoms with Crippen LogP contribution in [-0.2, 0) is 4.79 Å². The van der Waals surface area contributed by atoms with E-state index in [0.717, 1.165) is 42.7 Å². The lowest BCUT2D eigenvalue weighted by Gasteiger charge is -2.20. The number of likely N-dealkylation sites (tertiary alicyclic amines) is 1. The summed E-state index contributed by atoms with van der Waals surface area (Å²) in [6, 6.07) is 6.75. The van der Waals surface area contributed by atoms with Gasteiger partial charge in [-0.15, -0.1) is 35.7 Å². The summed E-state index contributed by atoms with van der Waals surface area (Å²) in [5.74, 6) is 1.65. The molecule has 1 fully saturated rings. The predicted octanol–water partition coefficient (Wildman–Crippen LogP) is 3.35.